The quantitative estimate of drug-likeness (QED) is 0.679. The van der Waals surface area contributed by atoms with Gasteiger partial charge in [0.1, 0.15) is 11.4 Å². The Bertz CT molecular complexity index is 947. The summed E-state index contributed by atoms with van der Waals surface area (Å²) in [6, 6.07) is 8.13. The minimum atomic E-state index is -0.371. The van der Waals surface area contributed by atoms with E-state index in [4.69, 9.17) is 21.6 Å². The summed E-state index contributed by atoms with van der Waals surface area (Å²) in [6.45, 7) is 2.18. The molecule has 3 heterocycles. The largest absolute Gasteiger partial charge is 0.394 e. The fourth-order valence-electron chi connectivity index (χ4n) is 4.67. The van der Waals surface area contributed by atoms with Crippen LogP contribution in [0.15, 0.2) is 24.3 Å². The number of hydrogen-bond donors (Lipinski definition) is 3. The van der Waals surface area contributed by atoms with Crippen LogP contribution < -0.4 is 15.5 Å². The molecule has 7 nitrogen and oxygen atoms in total. The van der Waals surface area contributed by atoms with Crippen molar-refractivity contribution in [3.63, 3.8) is 0 Å². The number of rotatable bonds is 5. The average molecular weight is 428 g/mol. The summed E-state index contributed by atoms with van der Waals surface area (Å²) in [7, 11) is 0. The van der Waals surface area contributed by atoms with Gasteiger partial charge in [0.15, 0.2) is 0 Å². The van der Waals surface area contributed by atoms with Crippen LogP contribution in [0.5, 0.6) is 0 Å². The second kappa shape index (κ2) is 7.71. The van der Waals surface area contributed by atoms with E-state index in [1.54, 1.807) is 0 Å². The van der Waals surface area contributed by atoms with Crippen molar-refractivity contribution in [3.05, 3.63) is 46.1 Å². The SMILES string of the molecule is O=C1NCc2nc(N3CCC(c4ccc(Cl)cc4)CC3)nc(NC3(CO)CCC3)c21. The smallest absolute Gasteiger partial charge is 0.257 e. The Hall–Kier alpha value is -2.38. The van der Waals surface area contributed by atoms with Crippen LogP contribution in [0.4, 0.5) is 11.8 Å². The Balaban J connectivity index is 1.37. The Labute approximate surface area is 180 Å². The van der Waals surface area contributed by atoms with E-state index in [1.807, 2.05) is 12.1 Å². The highest BCUT2D eigenvalue weighted by atomic mass is 35.5. The number of anilines is 2. The minimum Gasteiger partial charge on any atom is -0.394 e. The molecule has 0 bridgehead atoms. The van der Waals surface area contributed by atoms with Gasteiger partial charge in [-0.05, 0) is 55.7 Å². The van der Waals surface area contributed by atoms with Crippen LogP contribution in [0.3, 0.4) is 0 Å². The molecule has 2 aromatic rings. The number of aliphatic hydroxyl groups is 1. The number of nitrogens with one attached hydrogen (secondary N) is 2. The molecule has 1 aliphatic carbocycles. The number of hydrogen-bond acceptors (Lipinski definition) is 6. The summed E-state index contributed by atoms with van der Waals surface area (Å²) in [6.07, 6.45) is 4.86. The van der Waals surface area contributed by atoms with Crippen molar-refractivity contribution in [3.8, 4) is 0 Å². The van der Waals surface area contributed by atoms with Crippen LogP contribution >= 0.6 is 11.6 Å². The number of nitrogens with zero attached hydrogens (tertiary/aromatic N) is 3. The molecule has 0 spiro atoms. The number of aromatic nitrogens is 2. The highest BCUT2D eigenvalue weighted by Gasteiger charge is 2.39. The van der Waals surface area contributed by atoms with Crippen molar-refractivity contribution in [2.45, 2.75) is 50.1 Å². The van der Waals surface area contributed by atoms with E-state index in [9.17, 15) is 9.90 Å². The Morgan fingerprint density at radius 1 is 1.20 bits per heavy atom. The molecule has 1 saturated carbocycles. The van der Waals surface area contributed by atoms with Crippen molar-refractivity contribution in [2.75, 3.05) is 29.9 Å². The standard InChI is InChI=1S/C22H26ClN5O2/c23-16-4-2-14(3-5-16)15-6-10-28(11-7-15)21-25-17-12-24-20(30)18(17)19(26-21)27-22(13-29)8-1-9-22/h2-5,15,29H,1,6-13H2,(H,24,30)(H,25,26,27). The molecular formula is C22H26ClN5O2. The molecule has 8 heteroatoms. The van der Waals surface area contributed by atoms with Crippen LogP contribution in [0.2, 0.25) is 5.02 Å². The first kappa shape index (κ1) is 19.6. The molecule has 2 fully saturated rings. The second-order valence-corrected chi connectivity index (χ2v) is 9.04. The lowest BCUT2D eigenvalue weighted by Gasteiger charge is -2.41. The number of benzene rings is 1. The third-order valence-corrected chi connectivity index (χ3v) is 6.98. The number of carbonyl (C=O) groups excluding carboxylic acids is 1. The Morgan fingerprint density at radius 2 is 1.93 bits per heavy atom. The van der Waals surface area contributed by atoms with Crippen molar-refractivity contribution >= 4 is 29.3 Å². The molecule has 1 saturated heterocycles. The maximum atomic E-state index is 12.4. The second-order valence-electron chi connectivity index (χ2n) is 8.61. The molecule has 0 radical (unpaired) electrons. The van der Waals surface area contributed by atoms with Crippen LogP contribution in [0.25, 0.3) is 0 Å². The molecular weight excluding hydrogens is 402 g/mol. The highest BCUT2D eigenvalue weighted by Crippen LogP contribution is 2.37. The van der Waals surface area contributed by atoms with Crippen LogP contribution in [-0.2, 0) is 6.54 Å². The highest BCUT2D eigenvalue weighted by molar-refractivity contribution is 6.30. The van der Waals surface area contributed by atoms with Gasteiger partial charge in [0.05, 0.1) is 24.4 Å². The summed E-state index contributed by atoms with van der Waals surface area (Å²) in [4.78, 5) is 24.0. The molecule has 0 unspecified atom stereocenters. The predicted molar refractivity (Wildman–Crippen MR) is 116 cm³/mol. The lowest BCUT2D eigenvalue weighted by Crippen LogP contribution is -2.49. The molecule has 1 aromatic carbocycles. The monoisotopic (exact) mass is 427 g/mol. The van der Waals surface area contributed by atoms with Gasteiger partial charge in [-0.3, -0.25) is 4.79 Å². The van der Waals surface area contributed by atoms with E-state index in [2.05, 4.69) is 27.7 Å². The van der Waals surface area contributed by atoms with Gasteiger partial charge in [-0.25, -0.2) is 4.98 Å². The van der Waals surface area contributed by atoms with Crippen LogP contribution in [0.1, 0.15) is 59.6 Å². The fraction of sp³-hybridized carbons (Fsp3) is 0.500. The molecule has 2 aliphatic heterocycles. The zero-order chi connectivity index (χ0) is 20.7. The van der Waals surface area contributed by atoms with Gasteiger partial charge in [0, 0.05) is 18.1 Å². The lowest BCUT2D eigenvalue weighted by molar-refractivity contribution is 0.0965. The van der Waals surface area contributed by atoms with Crippen molar-refractivity contribution in [1.29, 1.82) is 0 Å². The zero-order valence-electron chi connectivity index (χ0n) is 16.8. The van der Waals surface area contributed by atoms with Gasteiger partial charge in [-0.1, -0.05) is 23.7 Å². The van der Waals surface area contributed by atoms with Crippen molar-refractivity contribution in [2.24, 2.45) is 0 Å². The topological polar surface area (TPSA) is 90.4 Å². The summed E-state index contributed by atoms with van der Waals surface area (Å²) >= 11 is 6.02. The first-order chi connectivity index (χ1) is 14.6. The van der Waals surface area contributed by atoms with E-state index in [-0.39, 0.29) is 18.1 Å². The summed E-state index contributed by atoms with van der Waals surface area (Å²) < 4.78 is 0. The molecule has 5 rings (SSSR count). The molecule has 1 aromatic heterocycles. The van der Waals surface area contributed by atoms with Crippen LogP contribution in [-0.4, -0.2) is 46.2 Å². The van der Waals surface area contributed by atoms with E-state index >= 15 is 0 Å². The van der Waals surface area contributed by atoms with Gasteiger partial charge in [-0.2, -0.15) is 4.98 Å². The third-order valence-electron chi connectivity index (χ3n) is 6.73. The van der Waals surface area contributed by atoms with Gasteiger partial charge in [-0.15, -0.1) is 0 Å². The summed E-state index contributed by atoms with van der Waals surface area (Å²) in [5.41, 5.74) is 2.21. The number of halogens is 1. The number of aliphatic hydroxyl groups excluding tert-OH is 1. The summed E-state index contributed by atoms with van der Waals surface area (Å²) in [5, 5.41) is 16.9. The summed E-state index contributed by atoms with van der Waals surface area (Å²) in [5.74, 6) is 1.57. The normalized spacial score (nSPS) is 20.5. The maximum Gasteiger partial charge on any atom is 0.257 e. The maximum absolute atomic E-state index is 12.4. The predicted octanol–water partition coefficient (Wildman–Crippen LogP) is 3.08. The van der Waals surface area contributed by atoms with Crippen LogP contribution in [0, 0.1) is 0 Å². The molecule has 3 N–H and O–H groups in total. The van der Waals surface area contributed by atoms with Gasteiger partial charge in [0.2, 0.25) is 5.95 Å². The van der Waals surface area contributed by atoms with E-state index < -0.39 is 0 Å². The van der Waals surface area contributed by atoms with E-state index in [0.717, 1.165) is 55.9 Å². The van der Waals surface area contributed by atoms with Crippen molar-refractivity contribution < 1.29 is 9.90 Å². The number of piperidine rings is 1. The zero-order valence-corrected chi connectivity index (χ0v) is 17.6. The molecule has 158 valence electrons. The minimum absolute atomic E-state index is 0.0369. The van der Waals surface area contributed by atoms with Crippen molar-refractivity contribution in [1.82, 2.24) is 15.3 Å². The van der Waals surface area contributed by atoms with E-state index in [0.29, 0.717) is 29.8 Å². The Morgan fingerprint density at radius 3 is 2.57 bits per heavy atom. The lowest BCUT2D eigenvalue weighted by atomic mass is 9.77. The van der Waals surface area contributed by atoms with E-state index in [1.165, 1.54) is 5.56 Å². The van der Waals surface area contributed by atoms with Gasteiger partial charge < -0.3 is 20.6 Å². The molecule has 3 aliphatic rings. The first-order valence-corrected chi connectivity index (χ1v) is 11.0. The molecule has 0 atom stereocenters. The molecule has 30 heavy (non-hydrogen) atoms. The van der Waals surface area contributed by atoms with Gasteiger partial charge in [0.25, 0.3) is 5.91 Å². The average Bonchev–Trinajstić information content (AvgIpc) is 3.12. The Kier molecular flexibility index (Phi) is 5.03. The molecule has 1 amide bonds. The third kappa shape index (κ3) is 3.50. The number of carbonyl (C=O) groups is 1. The first-order valence-electron chi connectivity index (χ1n) is 10.7. The van der Waals surface area contributed by atoms with Gasteiger partial charge >= 0.3 is 0 Å². The number of amides is 1. The number of fused-ring (bicyclic) bond motifs is 1. The fourth-order valence-corrected chi connectivity index (χ4v) is 4.80.